The molecule has 0 aliphatic carbocycles. The van der Waals surface area contributed by atoms with Crippen LogP contribution in [0.25, 0.3) is 62.7 Å². The highest BCUT2D eigenvalue weighted by Crippen LogP contribution is 2.40. The Balaban J connectivity index is 1.42. The van der Waals surface area contributed by atoms with Crippen molar-refractivity contribution in [1.29, 1.82) is 0 Å². The summed E-state index contributed by atoms with van der Waals surface area (Å²) in [5, 5.41) is 2.23. The van der Waals surface area contributed by atoms with Crippen molar-refractivity contribution in [3.63, 3.8) is 0 Å². The standard InChI is InChI=1S/C35H22N4O/c1-3-12-24(13-4-1)33-36-34(25-14-5-2-6-15-25)38-35(37-33)39-29-17-9-8-16-27(29)28-21-26-20-19-23-11-7-10-18-31(23)40-32(26)22-30(28)39/h1-22H. The molecule has 0 radical (unpaired) electrons. The van der Waals surface area contributed by atoms with E-state index >= 15 is 0 Å². The van der Waals surface area contributed by atoms with Gasteiger partial charge in [-0.1, -0.05) is 109 Å². The molecule has 7 aromatic rings. The van der Waals surface area contributed by atoms with Gasteiger partial charge in [-0.15, -0.1) is 0 Å². The maximum absolute atomic E-state index is 6.45. The van der Waals surface area contributed by atoms with Crippen molar-refractivity contribution in [2.45, 2.75) is 0 Å². The Bertz CT molecular complexity index is 2020. The minimum absolute atomic E-state index is 0.559. The van der Waals surface area contributed by atoms with E-state index in [0.29, 0.717) is 17.6 Å². The largest absolute Gasteiger partial charge is 0.456 e. The molecule has 2 aromatic heterocycles. The average Bonchev–Trinajstić information content (AvgIpc) is 3.22. The van der Waals surface area contributed by atoms with Gasteiger partial charge in [0.2, 0.25) is 5.95 Å². The highest BCUT2D eigenvalue weighted by Gasteiger charge is 2.20. The lowest BCUT2D eigenvalue weighted by Crippen LogP contribution is -2.06. The van der Waals surface area contributed by atoms with Crippen molar-refractivity contribution in [3.05, 3.63) is 132 Å². The molecule has 0 bridgehead atoms. The summed E-state index contributed by atoms with van der Waals surface area (Å²) in [5.41, 5.74) is 5.93. The molecule has 0 unspecified atom stereocenters. The summed E-state index contributed by atoms with van der Waals surface area (Å²) in [6, 6.07) is 40.8. The summed E-state index contributed by atoms with van der Waals surface area (Å²) in [4.78, 5) is 14.9. The molecule has 188 valence electrons. The quantitative estimate of drug-likeness (QED) is 0.237. The topological polar surface area (TPSA) is 52.8 Å². The highest BCUT2D eigenvalue weighted by atomic mass is 16.5. The maximum Gasteiger partial charge on any atom is 0.238 e. The number of rotatable bonds is 3. The van der Waals surface area contributed by atoms with Gasteiger partial charge in [0.15, 0.2) is 11.6 Å². The third kappa shape index (κ3) is 3.68. The fourth-order valence-electron chi connectivity index (χ4n) is 5.35. The van der Waals surface area contributed by atoms with Crippen LogP contribution in [0.5, 0.6) is 11.5 Å². The van der Waals surface area contributed by atoms with E-state index in [4.69, 9.17) is 19.7 Å². The van der Waals surface area contributed by atoms with Gasteiger partial charge in [-0.2, -0.15) is 9.97 Å². The zero-order chi connectivity index (χ0) is 26.5. The van der Waals surface area contributed by atoms with E-state index in [1.807, 2.05) is 84.9 Å². The van der Waals surface area contributed by atoms with Gasteiger partial charge in [0, 0.05) is 39.1 Å². The van der Waals surface area contributed by atoms with Crippen LogP contribution in [0.1, 0.15) is 11.1 Å². The van der Waals surface area contributed by atoms with Crippen LogP contribution in [0.3, 0.4) is 0 Å². The number of hydrogen-bond donors (Lipinski definition) is 0. The number of fused-ring (bicyclic) bond motifs is 5. The van der Waals surface area contributed by atoms with E-state index in [1.165, 1.54) is 0 Å². The molecule has 0 fully saturated rings. The second-order valence-electron chi connectivity index (χ2n) is 9.75. The van der Waals surface area contributed by atoms with Crippen LogP contribution in [-0.4, -0.2) is 19.5 Å². The molecule has 0 saturated heterocycles. The molecule has 0 spiro atoms. The van der Waals surface area contributed by atoms with E-state index in [2.05, 4.69) is 53.1 Å². The van der Waals surface area contributed by atoms with Crippen molar-refractivity contribution in [2.75, 3.05) is 0 Å². The van der Waals surface area contributed by atoms with Gasteiger partial charge in [-0.25, -0.2) is 4.98 Å². The predicted molar refractivity (Wildman–Crippen MR) is 160 cm³/mol. The Hall–Kier alpha value is -5.55. The van der Waals surface area contributed by atoms with Crippen LogP contribution in [0.2, 0.25) is 0 Å². The summed E-state index contributed by atoms with van der Waals surface area (Å²) < 4.78 is 8.57. The fraction of sp³-hybridized carbons (Fsp3) is 0. The first-order valence-electron chi connectivity index (χ1n) is 13.2. The molecule has 0 N–H and O–H groups in total. The van der Waals surface area contributed by atoms with Crippen LogP contribution >= 0.6 is 0 Å². The third-order valence-corrected chi connectivity index (χ3v) is 7.27. The minimum Gasteiger partial charge on any atom is -0.456 e. The van der Waals surface area contributed by atoms with Crippen LogP contribution in [-0.2, 0) is 0 Å². The van der Waals surface area contributed by atoms with Crippen LogP contribution in [0, 0.1) is 0 Å². The first-order valence-corrected chi connectivity index (χ1v) is 13.2. The molecule has 0 atom stereocenters. The molecule has 40 heavy (non-hydrogen) atoms. The van der Waals surface area contributed by atoms with Gasteiger partial charge in [0.05, 0.1) is 11.0 Å². The minimum atomic E-state index is 0.559. The first kappa shape index (κ1) is 22.4. The number of nitrogens with zero attached hydrogens (tertiary/aromatic N) is 4. The van der Waals surface area contributed by atoms with Gasteiger partial charge in [-0.3, -0.25) is 4.57 Å². The fourth-order valence-corrected chi connectivity index (χ4v) is 5.35. The highest BCUT2D eigenvalue weighted by molar-refractivity contribution is 6.10. The lowest BCUT2D eigenvalue weighted by Gasteiger charge is -2.12. The third-order valence-electron chi connectivity index (χ3n) is 7.27. The van der Waals surface area contributed by atoms with Crippen molar-refractivity contribution >= 4 is 34.0 Å². The van der Waals surface area contributed by atoms with Gasteiger partial charge in [0.25, 0.3) is 0 Å². The number of para-hydroxylation sites is 2. The van der Waals surface area contributed by atoms with Crippen molar-refractivity contribution < 1.29 is 4.74 Å². The summed E-state index contributed by atoms with van der Waals surface area (Å²) in [6.07, 6.45) is 4.23. The zero-order valence-electron chi connectivity index (χ0n) is 21.4. The molecule has 3 heterocycles. The van der Waals surface area contributed by atoms with E-state index in [9.17, 15) is 0 Å². The van der Waals surface area contributed by atoms with E-state index < -0.39 is 0 Å². The molecular weight excluding hydrogens is 492 g/mol. The molecule has 8 rings (SSSR count). The molecule has 0 amide bonds. The number of benzene rings is 5. The van der Waals surface area contributed by atoms with Crippen LogP contribution in [0.4, 0.5) is 0 Å². The van der Waals surface area contributed by atoms with Gasteiger partial charge in [-0.05, 0) is 18.2 Å². The van der Waals surface area contributed by atoms with Gasteiger partial charge < -0.3 is 4.74 Å². The van der Waals surface area contributed by atoms with Crippen molar-refractivity contribution in [3.8, 4) is 40.2 Å². The lowest BCUT2D eigenvalue weighted by molar-refractivity contribution is 0.482. The molecular formula is C35H22N4O. The zero-order valence-corrected chi connectivity index (χ0v) is 21.4. The monoisotopic (exact) mass is 514 g/mol. The second kappa shape index (κ2) is 9.03. The Labute approximate surface area is 230 Å². The summed E-state index contributed by atoms with van der Waals surface area (Å²) in [7, 11) is 0. The molecule has 0 saturated carbocycles. The van der Waals surface area contributed by atoms with Crippen molar-refractivity contribution in [2.24, 2.45) is 0 Å². The lowest BCUT2D eigenvalue weighted by atomic mass is 10.1. The normalized spacial score (nSPS) is 12.1. The number of hydrogen-bond acceptors (Lipinski definition) is 4. The first-order chi connectivity index (χ1) is 19.8. The smallest absolute Gasteiger partial charge is 0.238 e. The van der Waals surface area contributed by atoms with Gasteiger partial charge in [0.1, 0.15) is 11.5 Å². The Morgan fingerprint density at radius 2 is 1.10 bits per heavy atom. The van der Waals surface area contributed by atoms with E-state index in [-0.39, 0.29) is 0 Å². The average molecular weight is 515 g/mol. The summed E-state index contributed by atoms with van der Waals surface area (Å²) >= 11 is 0. The van der Waals surface area contributed by atoms with Gasteiger partial charge >= 0.3 is 0 Å². The van der Waals surface area contributed by atoms with E-state index in [0.717, 1.165) is 55.6 Å². The maximum atomic E-state index is 6.45. The van der Waals surface area contributed by atoms with Crippen LogP contribution in [0.15, 0.2) is 121 Å². The number of ether oxygens (including phenoxy) is 1. The summed E-state index contributed by atoms with van der Waals surface area (Å²) in [6.45, 7) is 0. The SMILES string of the molecule is C1=Cc2cc3c4ccccc4n(-c4nc(-c5ccccc5)nc(-c5ccccc5)n4)c3cc2Oc2ccccc21. The number of aromatic nitrogens is 4. The Morgan fingerprint density at radius 3 is 1.85 bits per heavy atom. The molecule has 1 aliphatic rings. The van der Waals surface area contributed by atoms with Crippen molar-refractivity contribution in [1.82, 2.24) is 19.5 Å². The van der Waals surface area contributed by atoms with E-state index in [1.54, 1.807) is 0 Å². The molecule has 5 nitrogen and oxygen atoms in total. The Kier molecular flexibility index (Phi) is 5.07. The second-order valence-corrected chi connectivity index (χ2v) is 9.75. The van der Waals surface area contributed by atoms with Crippen LogP contribution < -0.4 is 4.74 Å². The Morgan fingerprint density at radius 1 is 0.475 bits per heavy atom. The molecule has 5 aromatic carbocycles. The predicted octanol–water partition coefficient (Wildman–Crippen LogP) is 8.58. The molecule has 1 aliphatic heterocycles. The molecule has 5 heteroatoms. The summed E-state index contributed by atoms with van der Waals surface area (Å²) in [5.74, 6) is 3.43.